The highest BCUT2D eigenvalue weighted by molar-refractivity contribution is 7.86. The third kappa shape index (κ3) is 2.96. The van der Waals surface area contributed by atoms with Gasteiger partial charge < -0.3 is 0 Å². The van der Waals surface area contributed by atoms with Crippen LogP contribution in [0.5, 0.6) is 0 Å². The van der Waals surface area contributed by atoms with Crippen molar-refractivity contribution in [2.45, 2.75) is 18.0 Å². The van der Waals surface area contributed by atoms with E-state index >= 15 is 0 Å². The fraction of sp³-hybridized carbons (Fsp3) is 0.333. The first-order valence-corrected chi connectivity index (χ1v) is 5.75. The molecule has 0 unspecified atom stereocenters. The van der Waals surface area contributed by atoms with Gasteiger partial charge in [0, 0.05) is 0 Å². The standard InChI is InChI=1S/C9H9F3O3S/c1-2-15-16(13,14)8-5-3-4-7(6-8)9(10,11)12/h3-6H,2H2,1H3. The molecular weight excluding hydrogens is 245 g/mol. The van der Waals surface area contributed by atoms with E-state index in [2.05, 4.69) is 4.18 Å². The maximum atomic E-state index is 12.3. The monoisotopic (exact) mass is 254 g/mol. The second kappa shape index (κ2) is 4.42. The number of benzene rings is 1. The first-order chi connectivity index (χ1) is 7.27. The van der Waals surface area contributed by atoms with Crippen LogP contribution in [0.15, 0.2) is 29.2 Å². The van der Waals surface area contributed by atoms with Gasteiger partial charge in [0.1, 0.15) is 0 Å². The summed E-state index contributed by atoms with van der Waals surface area (Å²) in [5.74, 6) is 0. The fourth-order valence-corrected chi connectivity index (χ4v) is 2.01. The maximum Gasteiger partial charge on any atom is 0.416 e. The van der Waals surface area contributed by atoms with Crippen molar-refractivity contribution >= 4 is 10.1 Å². The van der Waals surface area contributed by atoms with Gasteiger partial charge in [0.15, 0.2) is 0 Å². The predicted octanol–water partition coefficient (Wildman–Crippen LogP) is 2.43. The van der Waals surface area contributed by atoms with Gasteiger partial charge in [-0.25, -0.2) is 0 Å². The van der Waals surface area contributed by atoms with Crippen LogP contribution >= 0.6 is 0 Å². The van der Waals surface area contributed by atoms with Crippen LogP contribution in [0.3, 0.4) is 0 Å². The molecule has 0 N–H and O–H groups in total. The largest absolute Gasteiger partial charge is 0.416 e. The molecule has 1 aromatic rings. The summed E-state index contributed by atoms with van der Waals surface area (Å²) in [6.45, 7) is 1.31. The van der Waals surface area contributed by atoms with E-state index in [4.69, 9.17) is 0 Å². The summed E-state index contributed by atoms with van der Waals surface area (Å²) in [5.41, 5.74) is -1.02. The molecule has 0 aliphatic heterocycles. The lowest BCUT2D eigenvalue weighted by molar-refractivity contribution is -0.137. The number of halogens is 3. The lowest BCUT2D eigenvalue weighted by atomic mass is 10.2. The summed E-state index contributed by atoms with van der Waals surface area (Å²) >= 11 is 0. The molecule has 3 nitrogen and oxygen atoms in total. The Balaban J connectivity index is 3.19. The molecule has 90 valence electrons. The Morgan fingerprint density at radius 1 is 1.31 bits per heavy atom. The lowest BCUT2D eigenvalue weighted by Gasteiger charge is -2.08. The highest BCUT2D eigenvalue weighted by atomic mass is 32.2. The van der Waals surface area contributed by atoms with Crippen molar-refractivity contribution in [2.24, 2.45) is 0 Å². The van der Waals surface area contributed by atoms with Crippen molar-refractivity contribution in [3.05, 3.63) is 29.8 Å². The van der Waals surface area contributed by atoms with Crippen LogP contribution in [0.25, 0.3) is 0 Å². The molecule has 0 amide bonds. The maximum absolute atomic E-state index is 12.3. The average molecular weight is 254 g/mol. The molecule has 0 aromatic heterocycles. The van der Waals surface area contributed by atoms with Gasteiger partial charge in [-0.3, -0.25) is 4.18 Å². The summed E-state index contributed by atoms with van der Waals surface area (Å²) in [6.07, 6.45) is -4.57. The van der Waals surface area contributed by atoms with E-state index in [1.165, 1.54) is 6.92 Å². The van der Waals surface area contributed by atoms with Crippen molar-refractivity contribution in [1.29, 1.82) is 0 Å². The van der Waals surface area contributed by atoms with Gasteiger partial charge in [0.05, 0.1) is 17.1 Å². The zero-order valence-electron chi connectivity index (χ0n) is 8.28. The fourth-order valence-electron chi connectivity index (χ4n) is 1.05. The number of hydrogen-bond acceptors (Lipinski definition) is 3. The van der Waals surface area contributed by atoms with Crippen molar-refractivity contribution in [1.82, 2.24) is 0 Å². The van der Waals surface area contributed by atoms with Crippen molar-refractivity contribution in [3.63, 3.8) is 0 Å². The Bertz CT molecular complexity index is 465. The Morgan fingerprint density at radius 3 is 2.44 bits per heavy atom. The van der Waals surface area contributed by atoms with Crippen LogP contribution in [0.1, 0.15) is 12.5 Å². The van der Waals surface area contributed by atoms with Crippen molar-refractivity contribution < 1.29 is 25.8 Å². The Morgan fingerprint density at radius 2 is 1.94 bits per heavy atom. The molecule has 0 saturated carbocycles. The Labute approximate surface area is 91.0 Å². The zero-order valence-corrected chi connectivity index (χ0v) is 9.10. The quantitative estimate of drug-likeness (QED) is 0.778. The molecule has 0 fully saturated rings. The van der Waals surface area contributed by atoms with Gasteiger partial charge in [-0.1, -0.05) is 6.07 Å². The van der Waals surface area contributed by atoms with Gasteiger partial charge in [0.25, 0.3) is 10.1 Å². The molecule has 0 radical (unpaired) electrons. The smallest absolute Gasteiger partial charge is 0.267 e. The number of hydrogen-bond donors (Lipinski definition) is 0. The minimum absolute atomic E-state index is 0.126. The summed E-state index contributed by atoms with van der Waals surface area (Å²) < 4.78 is 64.0. The highest BCUT2D eigenvalue weighted by Crippen LogP contribution is 2.30. The SMILES string of the molecule is CCOS(=O)(=O)c1cccc(C(F)(F)F)c1. The molecule has 0 aliphatic rings. The van der Waals surface area contributed by atoms with Crippen LogP contribution in [-0.2, 0) is 20.5 Å². The summed E-state index contributed by atoms with van der Waals surface area (Å²) in [4.78, 5) is -0.496. The van der Waals surface area contributed by atoms with Crippen LogP contribution in [0, 0.1) is 0 Å². The van der Waals surface area contributed by atoms with Crippen molar-refractivity contribution in [2.75, 3.05) is 6.61 Å². The van der Waals surface area contributed by atoms with Crippen molar-refractivity contribution in [3.8, 4) is 0 Å². The van der Waals surface area contributed by atoms with E-state index in [0.717, 1.165) is 18.2 Å². The average Bonchev–Trinajstić information content (AvgIpc) is 2.16. The topological polar surface area (TPSA) is 43.4 Å². The minimum atomic E-state index is -4.57. The molecule has 0 bridgehead atoms. The highest BCUT2D eigenvalue weighted by Gasteiger charge is 2.31. The van der Waals surface area contributed by atoms with Gasteiger partial charge in [-0.2, -0.15) is 21.6 Å². The minimum Gasteiger partial charge on any atom is -0.267 e. The normalized spacial score (nSPS) is 12.8. The lowest BCUT2D eigenvalue weighted by Crippen LogP contribution is -2.09. The van der Waals surface area contributed by atoms with Gasteiger partial charge in [-0.15, -0.1) is 0 Å². The molecule has 1 aromatic carbocycles. The Kier molecular flexibility index (Phi) is 3.59. The second-order valence-corrected chi connectivity index (χ2v) is 4.50. The zero-order chi connectivity index (χ0) is 12.4. The number of rotatable bonds is 3. The van der Waals surface area contributed by atoms with E-state index in [9.17, 15) is 21.6 Å². The molecule has 0 heterocycles. The molecule has 7 heteroatoms. The molecule has 0 spiro atoms. The van der Waals surface area contributed by atoms with Crippen LogP contribution in [-0.4, -0.2) is 15.0 Å². The summed E-state index contributed by atoms with van der Waals surface area (Å²) in [7, 11) is -4.09. The first kappa shape index (κ1) is 13.0. The van der Waals surface area contributed by atoms with Gasteiger partial charge >= 0.3 is 6.18 Å². The first-order valence-electron chi connectivity index (χ1n) is 4.34. The van der Waals surface area contributed by atoms with E-state index < -0.39 is 26.8 Å². The number of alkyl halides is 3. The molecule has 0 aliphatic carbocycles. The second-order valence-electron chi connectivity index (χ2n) is 2.89. The van der Waals surface area contributed by atoms with Crippen LogP contribution in [0.2, 0.25) is 0 Å². The van der Waals surface area contributed by atoms with Crippen LogP contribution < -0.4 is 0 Å². The third-order valence-corrected chi connectivity index (χ3v) is 3.10. The van der Waals surface area contributed by atoms with Gasteiger partial charge in [-0.05, 0) is 25.1 Å². The third-order valence-electron chi connectivity index (χ3n) is 1.72. The van der Waals surface area contributed by atoms with E-state index in [-0.39, 0.29) is 6.61 Å². The van der Waals surface area contributed by atoms with E-state index in [0.29, 0.717) is 6.07 Å². The predicted molar refractivity (Wildman–Crippen MR) is 50.3 cm³/mol. The summed E-state index contributed by atoms with van der Waals surface area (Å²) in [5, 5.41) is 0. The van der Waals surface area contributed by atoms with E-state index in [1.807, 2.05) is 0 Å². The molecular formula is C9H9F3O3S. The van der Waals surface area contributed by atoms with Crippen LogP contribution in [0.4, 0.5) is 13.2 Å². The molecule has 0 atom stereocenters. The van der Waals surface area contributed by atoms with Gasteiger partial charge in [0.2, 0.25) is 0 Å². The molecule has 0 saturated heterocycles. The molecule has 1 rings (SSSR count). The molecule has 16 heavy (non-hydrogen) atoms. The van der Waals surface area contributed by atoms with E-state index in [1.54, 1.807) is 0 Å². The Hall–Kier alpha value is -1.08. The summed E-state index contributed by atoms with van der Waals surface area (Å²) in [6, 6.07) is 3.42.